The smallest absolute Gasteiger partial charge is 0.130 e. The number of aromatic nitrogens is 1. The van der Waals surface area contributed by atoms with Crippen molar-refractivity contribution in [1.82, 2.24) is 4.37 Å². The zero-order valence-electron chi connectivity index (χ0n) is 8.38. The van der Waals surface area contributed by atoms with Gasteiger partial charge in [0.05, 0.1) is 0 Å². The molecule has 3 nitrogen and oxygen atoms in total. The SMILES string of the molecule is N#Cc1c(SCc2ccccc2)nsc1N. The van der Waals surface area contributed by atoms with Gasteiger partial charge in [0.15, 0.2) is 0 Å². The van der Waals surface area contributed by atoms with E-state index in [1.165, 1.54) is 17.1 Å². The maximum absolute atomic E-state index is 8.91. The molecule has 0 bridgehead atoms. The molecule has 16 heavy (non-hydrogen) atoms. The Morgan fingerprint density at radius 2 is 2.12 bits per heavy atom. The molecule has 0 atom stereocenters. The van der Waals surface area contributed by atoms with Crippen LogP contribution >= 0.6 is 23.3 Å². The molecule has 0 aliphatic rings. The van der Waals surface area contributed by atoms with E-state index in [-0.39, 0.29) is 0 Å². The van der Waals surface area contributed by atoms with Crippen LogP contribution in [0.25, 0.3) is 0 Å². The van der Waals surface area contributed by atoms with Crippen LogP contribution in [-0.2, 0) is 5.75 Å². The first-order valence-corrected chi connectivity index (χ1v) is 6.39. The van der Waals surface area contributed by atoms with Gasteiger partial charge in [0, 0.05) is 5.75 Å². The van der Waals surface area contributed by atoms with Gasteiger partial charge in [-0.2, -0.15) is 9.64 Å². The topological polar surface area (TPSA) is 62.7 Å². The van der Waals surface area contributed by atoms with E-state index in [2.05, 4.69) is 22.6 Å². The van der Waals surface area contributed by atoms with Crippen LogP contribution in [0.2, 0.25) is 0 Å². The molecular weight excluding hydrogens is 238 g/mol. The van der Waals surface area contributed by atoms with E-state index in [0.717, 1.165) is 10.8 Å². The molecule has 0 aliphatic heterocycles. The predicted molar refractivity (Wildman–Crippen MR) is 67.2 cm³/mol. The summed E-state index contributed by atoms with van der Waals surface area (Å²) in [6.45, 7) is 0. The van der Waals surface area contributed by atoms with Crippen molar-refractivity contribution in [3.8, 4) is 6.07 Å². The molecule has 80 valence electrons. The van der Waals surface area contributed by atoms with E-state index in [0.29, 0.717) is 10.6 Å². The number of nitrogens with two attached hydrogens (primary N) is 1. The van der Waals surface area contributed by atoms with Crippen molar-refractivity contribution in [1.29, 1.82) is 5.26 Å². The maximum Gasteiger partial charge on any atom is 0.130 e. The second kappa shape index (κ2) is 5.01. The van der Waals surface area contributed by atoms with Gasteiger partial charge >= 0.3 is 0 Å². The first kappa shape index (κ1) is 11.0. The predicted octanol–water partition coefficient (Wildman–Crippen LogP) is 2.89. The van der Waals surface area contributed by atoms with Gasteiger partial charge in [-0.25, -0.2) is 0 Å². The fourth-order valence-electron chi connectivity index (χ4n) is 1.21. The molecule has 0 radical (unpaired) electrons. The lowest BCUT2D eigenvalue weighted by molar-refractivity contribution is 1.24. The summed E-state index contributed by atoms with van der Waals surface area (Å²) in [5.41, 5.74) is 7.36. The molecule has 2 rings (SSSR count). The minimum absolute atomic E-state index is 0.498. The number of benzene rings is 1. The largest absolute Gasteiger partial charge is 0.388 e. The van der Waals surface area contributed by atoms with Crippen molar-refractivity contribution in [3.05, 3.63) is 41.5 Å². The molecule has 0 amide bonds. The van der Waals surface area contributed by atoms with Crippen molar-refractivity contribution < 1.29 is 0 Å². The quantitative estimate of drug-likeness (QED) is 0.847. The minimum atomic E-state index is 0.498. The van der Waals surface area contributed by atoms with E-state index < -0.39 is 0 Å². The lowest BCUT2D eigenvalue weighted by atomic mass is 10.2. The molecule has 0 fully saturated rings. The van der Waals surface area contributed by atoms with Gasteiger partial charge in [-0.1, -0.05) is 42.1 Å². The summed E-state index contributed by atoms with van der Waals surface area (Å²) in [5, 5.41) is 10.1. The van der Waals surface area contributed by atoms with Gasteiger partial charge in [-0.3, -0.25) is 0 Å². The number of nitriles is 1. The Labute approximate surface area is 102 Å². The molecular formula is C11H9N3S2. The lowest BCUT2D eigenvalue weighted by Crippen LogP contribution is -1.85. The van der Waals surface area contributed by atoms with Gasteiger partial charge in [0.25, 0.3) is 0 Å². The molecule has 0 aliphatic carbocycles. The summed E-state index contributed by atoms with van der Waals surface area (Å²) in [7, 11) is 0. The molecule has 0 spiro atoms. The molecule has 0 unspecified atom stereocenters. The van der Waals surface area contributed by atoms with Crippen molar-refractivity contribution in [3.63, 3.8) is 0 Å². The molecule has 1 heterocycles. The van der Waals surface area contributed by atoms with Crippen LogP contribution in [0.4, 0.5) is 5.00 Å². The number of hydrogen-bond acceptors (Lipinski definition) is 5. The van der Waals surface area contributed by atoms with Crippen molar-refractivity contribution in [2.24, 2.45) is 0 Å². The molecule has 0 saturated heterocycles. The van der Waals surface area contributed by atoms with Crippen LogP contribution in [0, 0.1) is 11.3 Å². The third-order valence-electron chi connectivity index (χ3n) is 2.02. The average Bonchev–Trinajstić information content (AvgIpc) is 2.68. The van der Waals surface area contributed by atoms with Gasteiger partial charge in [-0.05, 0) is 17.1 Å². The number of rotatable bonds is 3. The summed E-state index contributed by atoms with van der Waals surface area (Å²) in [5.74, 6) is 0.804. The Bertz CT molecular complexity index is 514. The normalized spacial score (nSPS) is 9.94. The van der Waals surface area contributed by atoms with E-state index in [1.54, 1.807) is 11.8 Å². The third-order valence-corrected chi connectivity index (χ3v) is 3.85. The summed E-state index contributed by atoms with van der Waals surface area (Å²) in [6, 6.07) is 12.2. The first-order chi connectivity index (χ1) is 7.81. The van der Waals surface area contributed by atoms with Gasteiger partial charge < -0.3 is 5.73 Å². The lowest BCUT2D eigenvalue weighted by Gasteiger charge is -1.98. The standard InChI is InChI=1S/C11H9N3S2/c12-6-9-10(13)16-14-11(9)15-7-8-4-2-1-3-5-8/h1-5H,7,13H2. The van der Waals surface area contributed by atoms with Gasteiger partial charge in [-0.15, -0.1) is 0 Å². The van der Waals surface area contributed by atoms with Crippen LogP contribution < -0.4 is 5.73 Å². The summed E-state index contributed by atoms with van der Waals surface area (Å²) < 4.78 is 4.16. The summed E-state index contributed by atoms with van der Waals surface area (Å²) in [6.07, 6.45) is 0. The first-order valence-electron chi connectivity index (χ1n) is 4.63. The average molecular weight is 247 g/mol. The second-order valence-corrected chi connectivity index (χ2v) is 4.88. The van der Waals surface area contributed by atoms with Crippen LogP contribution in [0.1, 0.15) is 11.1 Å². The molecule has 2 N–H and O–H groups in total. The van der Waals surface area contributed by atoms with Crippen LogP contribution in [-0.4, -0.2) is 4.37 Å². The van der Waals surface area contributed by atoms with E-state index >= 15 is 0 Å². The van der Waals surface area contributed by atoms with Crippen LogP contribution in [0.5, 0.6) is 0 Å². The van der Waals surface area contributed by atoms with Crippen LogP contribution in [0.3, 0.4) is 0 Å². The molecule has 2 aromatic rings. The van der Waals surface area contributed by atoms with Gasteiger partial charge in [0.1, 0.15) is 21.7 Å². The van der Waals surface area contributed by atoms with Crippen LogP contribution in [0.15, 0.2) is 35.4 Å². The highest BCUT2D eigenvalue weighted by atomic mass is 32.2. The van der Waals surface area contributed by atoms with Crippen molar-refractivity contribution in [2.75, 3.05) is 5.73 Å². The third kappa shape index (κ3) is 2.35. The van der Waals surface area contributed by atoms with Gasteiger partial charge in [0.2, 0.25) is 0 Å². The number of nitrogen functional groups attached to an aromatic ring is 1. The maximum atomic E-state index is 8.91. The molecule has 1 aromatic heterocycles. The Morgan fingerprint density at radius 1 is 1.38 bits per heavy atom. The van der Waals surface area contributed by atoms with E-state index in [9.17, 15) is 0 Å². The Kier molecular flexibility index (Phi) is 3.44. The zero-order chi connectivity index (χ0) is 11.4. The monoisotopic (exact) mass is 247 g/mol. The zero-order valence-corrected chi connectivity index (χ0v) is 10.0. The van der Waals surface area contributed by atoms with E-state index in [4.69, 9.17) is 11.0 Å². The van der Waals surface area contributed by atoms with Crippen molar-refractivity contribution in [2.45, 2.75) is 10.8 Å². The highest BCUT2D eigenvalue weighted by Gasteiger charge is 2.11. The fraction of sp³-hybridized carbons (Fsp3) is 0.0909. The molecule has 5 heteroatoms. The second-order valence-electron chi connectivity index (χ2n) is 3.11. The highest BCUT2D eigenvalue weighted by molar-refractivity contribution is 7.98. The number of nitrogens with zero attached hydrogens (tertiary/aromatic N) is 2. The Balaban J connectivity index is 2.09. The Morgan fingerprint density at radius 3 is 2.81 bits per heavy atom. The van der Waals surface area contributed by atoms with Crippen molar-refractivity contribution >= 4 is 28.3 Å². The Hall–Kier alpha value is -1.51. The summed E-state index contributed by atoms with van der Waals surface area (Å²) in [4.78, 5) is 0. The molecule has 0 saturated carbocycles. The highest BCUT2D eigenvalue weighted by Crippen LogP contribution is 2.30. The fourth-order valence-corrected chi connectivity index (χ4v) is 2.90. The minimum Gasteiger partial charge on any atom is -0.388 e. The van der Waals surface area contributed by atoms with E-state index in [1.807, 2.05) is 18.2 Å². The molecule has 1 aromatic carbocycles. The summed E-state index contributed by atoms with van der Waals surface area (Å²) >= 11 is 2.72. The number of anilines is 1. The number of hydrogen-bond donors (Lipinski definition) is 1. The number of thioether (sulfide) groups is 1.